The third kappa shape index (κ3) is 3.05. The quantitative estimate of drug-likeness (QED) is 0.884. The van der Waals surface area contributed by atoms with E-state index in [1.165, 1.54) is 0 Å². The molecule has 2 aliphatic rings. The monoisotopic (exact) mass is 337 g/mol. The van der Waals surface area contributed by atoms with Crippen molar-refractivity contribution in [3.63, 3.8) is 0 Å². The number of nitrogens with one attached hydrogen (secondary N) is 2. The Balaban J connectivity index is 1.53. The summed E-state index contributed by atoms with van der Waals surface area (Å²) in [7, 11) is 0. The summed E-state index contributed by atoms with van der Waals surface area (Å²) < 4.78 is 1.07. The van der Waals surface area contributed by atoms with Crippen molar-refractivity contribution in [2.45, 2.75) is 6.92 Å². The highest BCUT2D eigenvalue weighted by atomic mass is 79.9. The molecule has 2 aliphatic heterocycles. The number of hydrogen-bond acceptors (Lipinski definition) is 3. The molecule has 0 aromatic heterocycles. The molecule has 108 valence electrons. The van der Waals surface area contributed by atoms with Crippen molar-refractivity contribution in [2.75, 3.05) is 38.0 Å². The largest absolute Gasteiger partial charge is 0.325 e. The summed E-state index contributed by atoms with van der Waals surface area (Å²) in [6.45, 7) is 6.83. The molecule has 2 atom stereocenters. The van der Waals surface area contributed by atoms with Gasteiger partial charge in [-0.25, -0.2) is 0 Å². The van der Waals surface area contributed by atoms with Crippen molar-refractivity contribution in [1.29, 1.82) is 0 Å². The fraction of sp³-hybridized carbons (Fsp3) is 0.533. The Morgan fingerprint density at radius 1 is 1.40 bits per heavy atom. The average molecular weight is 338 g/mol. The zero-order valence-electron chi connectivity index (χ0n) is 11.7. The molecule has 2 unspecified atom stereocenters. The van der Waals surface area contributed by atoms with Crippen molar-refractivity contribution in [3.05, 3.63) is 28.2 Å². The smallest absolute Gasteiger partial charge is 0.238 e. The van der Waals surface area contributed by atoms with Crippen molar-refractivity contribution >= 4 is 27.5 Å². The lowest BCUT2D eigenvalue weighted by molar-refractivity contribution is -0.117. The number of anilines is 1. The van der Waals surface area contributed by atoms with E-state index in [1.807, 2.05) is 25.1 Å². The summed E-state index contributed by atoms with van der Waals surface area (Å²) in [6, 6.07) is 5.89. The second-order valence-electron chi connectivity index (χ2n) is 5.88. The van der Waals surface area contributed by atoms with Gasteiger partial charge in [-0.3, -0.25) is 9.69 Å². The van der Waals surface area contributed by atoms with Gasteiger partial charge in [0.2, 0.25) is 5.91 Å². The van der Waals surface area contributed by atoms with Crippen LogP contribution in [0.15, 0.2) is 22.7 Å². The van der Waals surface area contributed by atoms with Gasteiger partial charge in [0.05, 0.1) is 6.54 Å². The molecule has 2 saturated heterocycles. The number of benzene rings is 1. The predicted molar refractivity (Wildman–Crippen MR) is 83.8 cm³/mol. The van der Waals surface area contributed by atoms with Crippen LogP contribution in [0.5, 0.6) is 0 Å². The fourth-order valence-corrected chi connectivity index (χ4v) is 3.45. The van der Waals surface area contributed by atoms with Gasteiger partial charge in [0.1, 0.15) is 0 Å². The van der Waals surface area contributed by atoms with E-state index in [4.69, 9.17) is 0 Å². The number of carbonyl (C=O) groups is 1. The maximum absolute atomic E-state index is 12.1. The van der Waals surface area contributed by atoms with E-state index in [0.29, 0.717) is 6.54 Å². The van der Waals surface area contributed by atoms with Crippen LogP contribution in [0.25, 0.3) is 0 Å². The Bertz CT molecular complexity index is 508. The first kappa shape index (κ1) is 14.0. The van der Waals surface area contributed by atoms with Gasteiger partial charge >= 0.3 is 0 Å². The van der Waals surface area contributed by atoms with Crippen LogP contribution in [0.3, 0.4) is 0 Å². The van der Waals surface area contributed by atoms with Crippen LogP contribution in [0.2, 0.25) is 0 Å². The first-order valence-corrected chi connectivity index (χ1v) is 7.90. The first-order chi connectivity index (χ1) is 9.61. The second-order valence-corrected chi connectivity index (χ2v) is 6.74. The molecule has 0 aliphatic carbocycles. The molecule has 0 bridgehead atoms. The lowest BCUT2D eigenvalue weighted by Gasteiger charge is -2.16. The highest BCUT2D eigenvalue weighted by Crippen LogP contribution is 2.26. The molecule has 1 amide bonds. The molecule has 0 saturated carbocycles. The molecular weight excluding hydrogens is 318 g/mol. The summed E-state index contributed by atoms with van der Waals surface area (Å²) >= 11 is 3.47. The fourth-order valence-electron chi connectivity index (χ4n) is 3.21. The van der Waals surface area contributed by atoms with Gasteiger partial charge in [-0.05, 0) is 55.6 Å². The van der Waals surface area contributed by atoms with E-state index in [0.717, 1.165) is 53.7 Å². The Morgan fingerprint density at radius 3 is 2.75 bits per heavy atom. The molecule has 0 radical (unpaired) electrons. The van der Waals surface area contributed by atoms with Gasteiger partial charge in [0, 0.05) is 23.2 Å². The Kier molecular flexibility index (Phi) is 4.10. The van der Waals surface area contributed by atoms with Crippen molar-refractivity contribution in [2.24, 2.45) is 11.8 Å². The van der Waals surface area contributed by atoms with E-state index >= 15 is 0 Å². The zero-order valence-corrected chi connectivity index (χ0v) is 13.2. The van der Waals surface area contributed by atoms with E-state index in [2.05, 4.69) is 31.5 Å². The Labute approximate surface area is 128 Å². The predicted octanol–water partition coefficient (Wildman–Crippen LogP) is 1.85. The number of likely N-dealkylation sites (tertiary alicyclic amines) is 1. The number of hydrogen-bond donors (Lipinski definition) is 2. The number of amides is 1. The second kappa shape index (κ2) is 5.84. The molecule has 2 N–H and O–H groups in total. The lowest BCUT2D eigenvalue weighted by atomic mass is 10.0. The van der Waals surface area contributed by atoms with E-state index < -0.39 is 0 Å². The van der Waals surface area contributed by atoms with Crippen LogP contribution >= 0.6 is 15.9 Å². The number of nitrogens with zero attached hydrogens (tertiary/aromatic N) is 1. The average Bonchev–Trinajstić information content (AvgIpc) is 2.94. The molecule has 5 heteroatoms. The van der Waals surface area contributed by atoms with Crippen LogP contribution in [0.4, 0.5) is 5.69 Å². The van der Waals surface area contributed by atoms with Crippen LogP contribution in [-0.4, -0.2) is 43.5 Å². The summed E-state index contributed by atoms with van der Waals surface area (Å²) in [5.74, 6) is 1.55. The van der Waals surface area contributed by atoms with Crippen LogP contribution in [0.1, 0.15) is 5.56 Å². The Hall–Kier alpha value is -0.910. The lowest BCUT2D eigenvalue weighted by Crippen LogP contribution is -2.33. The van der Waals surface area contributed by atoms with E-state index in [9.17, 15) is 4.79 Å². The molecule has 2 fully saturated rings. The normalized spacial score (nSPS) is 25.7. The molecule has 4 nitrogen and oxygen atoms in total. The van der Waals surface area contributed by atoms with Gasteiger partial charge in [-0.1, -0.05) is 15.9 Å². The summed E-state index contributed by atoms with van der Waals surface area (Å²) in [5.41, 5.74) is 2.00. The molecule has 2 heterocycles. The highest BCUT2D eigenvalue weighted by Gasteiger charge is 2.36. The molecule has 1 aromatic carbocycles. The van der Waals surface area contributed by atoms with Gasteiger partial charge in [0.25, 0.3) is 0 Å². The zero-order chi connectivity index (χ0) is 14.1. The molecule has 1 aromatic rings. The van der Waals surface area contributed by atoms with Gasteiger partial charge in [-0.15, -0.1) is 0 Å². The number of halogens is 1. The number of fused-ring (bicyclic) bond motifs is 1. The van der Waals surface area contributed by atoms with E-state index in [1.54, 1.807) is 0 Å². The minimum Gasteiger partial charge on any atom is -0.325 e. The highest BCUT2D eigenvalue weighted by molar-refractivity contribution is 9.10. The molecular formula is C15H20BrN3O. The van der Waals surface area contributed by atoms with E-state index in [-0.39, 0.29) is 5.91 Å². The number of carbonyl (C=O) groups excluding carboxylic acids is 1. The molecule has 3 rings (SSSR count). The SMILES string of the molecule is Cc1cc(NC(=O)CN2CC3CNCC3C2)ccc1Br. The third-order valence-electron chi connectivity index (χ3n) is 4.27. The van der Waals surface area contributed by atoms with Crippen LogP contribution < -0.4 is 10.6 Å². The molecule has 20 heavy (non-hydrogen) atoms. The summed E-state index contributed by atoms with van der Waals surface area (Å²) in [6.07, 6.45) is 0. The topological polar surface area (TPSA) is 44.4 Å². The number of rotatable bonds is 3. The number of aryl methyl sites for hydroxylation is 1. The third-order valence-corrected chi connectivity index (χ3v) is 5.16. The van der Waals surface area contributed by atoms with Gasteiger partial charge in [0.15, 0.2) is 0 Å². The Morgan fingerprint density at radius 2 is 2.10 bits per heavy atom. The minimum atomic E-state index is 0.0830. The maximum Gasteiger partial charge on any atom is 0.238 e. The van der Waals surface area contributed by atoms with Crippen molar-refractivity contribution in [1.82, 2.24) is 10.2 Å². The van der Waals surface area contributed by atoms with Gasteiger partial charge in [-0.2, -0.15) is 0 Å². The van der Waals surface area contributed by atoms with Crippen LogP contribution in [-0.2, 0) is 4.79 Å². The maximum atomic E-state index is 12.1. The summed E-state index contributed by atoms with van der Waals surface area (Å²) in [4.78, 5) is 14.4. The molecule has 0 spiro atoms. The minimum absolute atomic E-state index is 0.0830. The van der Waals surface area contributed by atoms with Crippen molar-refractivity contribution in [3.8, 4) is 0 Å². The summed E-state index contributed by atoms with van der Waals surface area (Å²) in [5, 5.41) is 6.40. The van der Waals surface area contributed by atoms with Crippen molar-refractivity contribution < 1.29 is 4.79 Å². The standard InChI is InChI=1S/C15H20BrN3O/c1-10-4-13(2-3-14(10)16)18-15(20)9-19-7-11-5-17-6-12(11)8-19/h2-4,11-12,17H,5-9H2,1H3,(H,18,20). The van der Waals surface area contributed by atoms with Crippen LogP contribution in [0, 0.1) is 18.8 Å². The van der Waals surface area contributed by atoms with Gasteiger partial charge < -0.3 is 10.6 Å². The first-order valence-electron chi connectivity index (χ1n) is 7.11.